The Hall–Kier alpha value is -1.91. The van der Waals surface area contributed by atoms with Crippen molar-refractivity contribution in [1.29, 1.82) is 0 Å². The summed E-state index contributed by atoms with van der Waals surface area (Å²) in [7, 11) is 0. The fourth-order valence-corrected chi connectivity index (χ4v) is 2.40. The molecule has 0 amide bonds. The van der Waals surface area contributed by atoms with Crippen LogP contribution in [0.4, 0.5) is 5.69 Å². The molecule has 0 aliphatic heterocycles. The van der Waals surface area contributed by atoms with Gasteiger partial charge in [0.15, 0.2) is 5.82 Å². The summed E-state index contributed by atoms with van der Waals surface area (Å²) in [6.45, 7) is 5.14. The molecule has 1 heterocycles. The molecule has 1 fully saturated rings. The molecule has 2 N–H and O–H groups in total. The van der Waals surface area contributed by atoms with Gasteiger partial charge in [-0.15, -0.1) is 5.10 Å². The van der Waals surface area contributed by atoms with Crippen LogP contribution in [-0.2, 0) is 6.54 Å². The molecule has 1 aliphatic carbocycles. The molecule has 1 unspecified atom stereocenters. The summed E-state index contributed by atoms with van der Waals surface area (Å²) in [6, 6.07) is 5.98. The van der Waals surface area contributed by atoms with Crippen molar-refractivity contribution in [3.63, 3.8) is 0 Å². The van der Waals surface area contributed by atoms with Crippen LogP contribution in [0.5, 0.6) is 0 Å². The maximum absolute atomic E-state index is 5.96. The summed E-state index contributed by atoms with van der Waals surface area (Å²) in [5.41, 5.74) is 8.80. The second-order valence-electron chi connectivity index (χ2n) is 5.57. The number of anilines is 1. The largest absolute Gasteiger partial charge is 0.398 e. The Kier molecular flexibility index (Phi) is 2.97. The molecule has 5 nitrogen and oxygen atoms in total. The number of aryl methyl sites for hydroxylation is 1. The average Bonchev–Trinajstić information content (AvgIpc) is 3.14. The first-order valence-corrected chi connectivity index (χ1v) is 6.78. The van der Waals surface area contributed by atoms with Gasteiger partial charge in [-0.05, 0) is 53.7 Å². The Morgan fingerprint density at radius 3 is 2.89 bits per heavy atom. The van der Waals surface area contributed by atoms with Gasteiger partial charge in [0.1, 0.15) is 0 Å². The molecular weight excluding hydrogens is 238 g/mol. The number of aromatic nitrogens is 4. The van der Waals surface area contributed by atoms with Crippen molar-refractivity contribution < 1.29 is 0 Å². The minimum atomic E-state index is 0.630. The Bertz CT molecular complexity index is 585. The molecule has 1 aromatic heterocycles. The topological polar surface area (TPSA) is 69.6 Å². The zero-order chi connectivity index (χ0) is 13.4. The van der Waals surface area contributed by atoms with Crippen molar-refractivity contribution in [2.75, 3.05) is 5.73 Å². The third-order valence-electron chi connectivity index (χ3n) is 3.96. The quantitative estimate of drug-likeness (QED) is 0.853. The smallest absolute Gasteiger partial charge is 0.182 e. The lowest BCUT2D eigenvalue weighted by molar-refractivity contribution is 0.402. The van der Waals surface area contributed by atoms with Gasteiger partial charge in [-0.2, -0.15) is 0 Å². The van der Waals surface area contributed by atoms with E-state index in [1.54, 1.807) is 0 Å². The van der Waals surface area contributed by atoms with Crippen LogP contribution in [0.3, 0.4) is 0 Å². The Morgan fingerprint density at radius 1 is 1.42 bits per heavy atom. The molecule has 19 heavy (non-hydrogen) atoms. The maximum Gasteiger partial charge on any atom is 0.182 e. The van der Waals surface area contributed by atoms with Crippen LogP contribution in [-0.4, -0.2) is 20.2 Å². The lowest BCUT2D eigenvalue weighted by Gasteiger charge is -2.11. The number of nitrogen functional groups attached to an aromatic ring is 1. The number of benzene rings is 1. The molecule has 1 atom stereocenters. The second kappa shape index (κ2) is 4.64. The highest BCUT2D eigenvalue weighted by Crippen LogP contribution is 2.37. The number of tetrazole rings is 1. The third-order valence-corrected chi connectivity index (χ3v) is 3.96. The summed E-state index contributed by atoms with van der Waals surface area (Å²) in [4.78, 5) is 0. The first kappa shape index (κ1) is 12.1. The molecular formula is C14H19N5. The first-order chi connectivity index (χ1) is 9.15. The van der Waals surface area contributed by atoms with Crippen molar-refractivity contribution in [2.24, 2.45) is 11.8 Å². The highest BCUT2D eigenvalue weighted by Gasteiger charge is 2.28. The number of hydrogen-bond donors (Lipinski definition) is 1. The van der Waals surface area contributed by atoms with Gasteiger partial charge < -0.3 is 5.73 Å². The highest BCUT2D eigenvalue weighted by atomic mass is 15.5. The van der Waals surface area contributed by atoms with Crippen LogP contribution in [0.2, 0.25) is 0 Å². The van der Waals surface area contributed by atoms with Crippen LogP contribution in [0, 0.1) is 18.8 Å². The van der Waals surface area contributed by atoms with E-state index in [1.165, 1.54) is 12.8 Å². The van der Waals surface area contributed by atoms with E-state index in [0.717, 1.165) is 35.1 Å². The number of rotatable bonds is 4. The van der Waals surface area contributed by atoms with Crippen molar-refractivity contribution in [1.82, 2.24) is 20.2 Å². The molecule has 1 aliphatic rings. The van der Waals surface area contributed by atoms with E-state index in [2.05, 4.69) is 22.4 Å². The first-order valence-electron chi connectivity index (χ1n) is 6.78. The van der Waals surface area contributed by atoms with E-state index in [9.17, 15) is 0 Å². The second-order valence-corrected chi connectivity index (χ2v) is 5.57. The normalized spacial score (nSPS) is 16.5. The molecule has 1 saturated carbocycles. The lowest BCUT2D eigenvalue weighted by Crippen LogP contribution is -2.12. The summed E-state index contributed by atoms with van der Waals surface area (Å²) < 4.78 is 1.90. The molecule has 100 valence electrons. The van der Waals surface area contributed by atoms with E-state index in [1.807, 2.05) is 29.8 Å². The SMILES string of the molecule is Cc1ccc(-c2nnnn2CC(C)C2CC2)cc1N. The van der Waals surface area contributed by atoms with Crippen LogP contribution in [0.15, 0.2) is 18.2 Å². The summed E-state index contributed by atoms with van der Waals surface area (Å²) >= 11 is 0. The minimum Gasteiger partial charge on any atom is -0.398 e. The van der Waals surface area contributed by atoms with Crippen molar-refractivity contribution >= 4 is 5.69 Å². The fourth-order valence-electron chi connectivity index (χ4n) is 2.40. The molecule has 5 heteroatoms. The van der Waals surface area contributed by atoms with Crippen LogP contribution in [0.1, 0.15) is 25.3 Å². The van der Waals surface area contributed by atoms with Gasteiger partial charge in [0, 0.05) is 17.8 Å². The maximum atomic E-state index is 5.96. The lowest BCUT2D eigenvalue weighted by atomic mass is 10.1. The van der Waals surface area contributed by atoms with Gasteiger partial charge in [-0.3, -0.25) is 0 Å². The van der Waals surface area contributed by atoms with E-state index in [4.69, 9.17) is 5.73 Å². The summed E-state index contributed by atoms with van der Waals surface area (Å²) in [5, 5.41) is 12.1. The van der Waals surface area contributed by atoms with Crippen molar-refractivity contribution in [2.45, 2.75) is 33.2 Å². The molecule has 1 aromatic carbocycles. The van der Waals surface area contributed by atoms with E-state index < -0.39 is 0 Å². The van der Waals surface area contributed by atoms with Crippen LogP contribution < -0.4 is 5.73 Å². The van der Waals surface area contributed by atoms with Gasteiger partial charge in [0.2, 0.25) is 0 Å². The standard InChI is InChI=1S/C14H19N5/c1-9-3-4-12(7-13(9)15)14-16-17-18-19(14)8-10(2)11-5-6-11/h3-4,7,10-11H,5-6,8,15H2,1-2H3. The predicted octanol–water partition coefficient (Wildman–Crippen LogP) is 2.28. The van der Waals surface area contributed by atoms with E-state index in [-0.39, 0.29) is 0 Å². The Morgan fingerprint density at radius 2 is 2.21 bits per heavy atom. The van der Waals surface area contributed by atoms with Gasteiger partial charge >= 0.3 is 0 Å². The monoisotopic (exact) mass is 257 g/mol. The van der Waals surface area contributed by atoms with Gasteiger partial charge in [-0.1, -0.05) is 19.1 Å². The Balaban J connectivity index is 1.87. The number of nitrogens with two attached hydrogens (primary N) is 1. The fraction of sp³-hybridized carbons (Fsp3) is 0.500. The van der Waals surface area contributed by atoms with Crippen LogP contribution >= 0.6 is 0 Å². The zero-order valence-electron chi connectivity index (χ0n) is 11.4. The Labute approximate surface area is 112 Å². The van der Waals surface area contributed by atoms with Gasteiger partial charge in [-0.25, -0.2) is 4.68 Å². The number of hydrogen-bond acceptors (Lipinski definition) is 4. The van der Waals surface area contributed by atoms with Gasteiger partial charge in [0.05, 0.1) is 0 Å². The van der Waals surface area contributed by atoms with Crippen molar-refractivity contribution in [3.05, 3.63) is 23.8 Å². The third kappa shape index (κ3) is 2.45. The van der Waals surface area contributed by atoms with Crippen LogP contribution in [0.25, 0.3) is 11.4 Å². The van der Waals surface area contributed by atoms with Gasteiger partial charge in [0.25, 0.3) is 0 Å². The molecule has 0 saturated heterocycles. The summed E-state index contributed by atoms with van der Waals surface area (Å²) in [6.07, 6.45) is 2.69. The molecule has 0 radical (unpaired) electrons. The predicted molar refractivity (Wildman–Crippen MR) is 74.3 cm³/mol. The zero-order valence-corrected chi connectivity index (χ0v) is 11.4. The molecule has 3 rings (SSSR count). The minimum absolute atomic E-state index is 0.630. The van der Waals surface area contributed by atoms with Crippen molar-refractivity contribution in [3.8, 4) is 11.4 Å². The molecule has 0 bridgehead atoms. The van der Waals surface area contributed by atoms with E-state index >= 15 is 0 Å². The highest BCUT2D eigenvalue weighted by molar-refractivity contribution is 5.63. The average molecular weight is 257 g/mol. The number of nitrogens with zero attached hydrogens (tertiary/aromatic N) is 4. The molecule has 0 spiro atoms. The van der Waals surface area contributed by atoms with E-state index in [0.29, 0.717) is 5.92 Å². The molecule has 2 aromatic rings. The summed E-state index contributed by atoms with van der Waals surface area (Å²) in [5.74, 6) is 2.28.